The lowest BCUT2D eigenvalue weighted by Crippen LogP contribution is -2.19. The van der Waals surface area contributed by atoms with Crippen LogP contribution in [0.5, 0.6) is 0 Å². The highest BCUT2D eigenvalue weighted by atomic mass is 16.3. The third-order valence-electron chi connectivity index (χ3n) is 3.37. The second kappa shape index (κ2) is 4.64. The van der Waals surface area contributed by atoms with Crippen molar-refractivity contribution in [1.82, 2.24) is 0 Å². The van der Waals surface area contributed by atoms with E-state index in [-0.39, 0.29) is 12.0 Å². The lowest BCUT2D eigenvalue weighted by Gasteiger charge is -2.14. The minimum absolute atomic E-state index is 0.0801. The summed E-state index contributed by atoms with van der Waals surface area (Å²) in [6.07, 6.45) is 2.49. The summed E-state index contributed by atoms with van der Waals surface area (Å²) < 4.78 is 0. The Morgan fingerprint density at radius 1 is 1.47 bits per heavy atom. The highest BCUT2D eigenvalue weighted by molar-refractivity contribution is 5.58. The zero-order chi connectivity index (χ0) is 12.3. The third kappa shape index (κ3) is 2.69. The van der Waals surface area contributed by atoms with Gasteiger partial charge in [0.2, 0.25) is 0 Å². The van der Waals surface area contributed by atoms with Crippen molar-refractivity contribution in [2.45, 2.75) is 19.3 Å². The van der Waals surface area contributed by atoms with Crippen LogP contribution < -0.4 is 11.1 Å². The maximum Gasteiger partial charge on any atom is 0.0670 e. The fourth-order valence-corrected chi connectivity index (χ4v) is 1.81. The predicted molar refractivity (Wildman–Crippen MR) is 67.4 cm³/mol. The van der Waals surface area contributed by atoms with Gasteiger partial charge in [-0.25, -0.2) is 0 Å². The van der Waals surface area contributed by atoms with Crippen molar-refractivity contribution in [3.8, 4) is 6.07 Å². The van der Waals surface area contributed by atoms with Gasteiger partial charge in [-0.15, -0.1) is 0 Å². The number of rotatable bonds is 5. The Morgan fingerprint density at radius 2 is 2.24 bits per heavy atom. The van der Waals surface area contributed by atoms with Crippen molar-refractivity contribution in [3.05, 3.63) is 23.8 Å². The van der Waals surface area contributed by atoms with Crippen molar-refractivity contribution in [2.75, 3.05) is 24.2 Å². The summed E-state index contributed by atoms with van der Waals surface area (Å²) in [5.41, 5.74) is 8.33. The molecule has 1 saturated carbocycles. The summed E-state index contributed by atoms with van der Waals surface area (Å²) in [4.78, 5) is 0. The van der Waals surface area contributed by atoms with Crippen LogP contribution in [-0.4, -0.2) is 18.3 Å². The van der Waals surface area contributed by atoms with Crippen molar-refractivity contribution in [2.24, 2.45) is 5.41 Å². The average Bonchev–Trinajstić information content (AvgIpc) is 3.11. The first-order chi connectivity index (χ1) is 8.19. The molecule has 4 nitrogen and oxygen atoms in total. The van der Waals surface area contributed by atoms with E-state index in [9.17, 15) is 5.11 Å². The molecule has 0 heterocycles. The van der Waals surface area contributed by atoms with Gasteiger partial charge in [-0.05, 0) is 36.6 Å². The molecule has 4 heteroatoms. The minimum atomic E-state index is 0.0801. The fourth-order valence-electron chi connectivity index (χ4n) is 1.81. The molecule has 1 aromatic carbocycles. The number of nitriles is 1. The monoisotopic (exact) mass is 231 g/mol. The van der Waals surface area contributed by atoms with Crippen molar-refractivity contribution in [1.29, 1.82) is 5.26 Å². The smallest absolute Gasteiger partial charge is 0.0670 e. The SMILES string of the molecule is N#CCc1cc(NCC2(CO)CC2)ccc1N. The number of aliphatic hydroxyl groups is 1. The molecule has 1 aliphatic carbocycles. The first kappa shape index (κ1) is 11.7. The van der Waals surface area contributed by atoms with Gasteiger partial charge in [0.05, 0.1) is 19.1 Å². The van der Waals surface area contributed by atoms with Gasteiger partial charge in [-0.2, -0.15) is 5.26 Å². The number of hydrogen-bond acceptors (Lipinski definition) is 4. The number of nitrogens with one attached hydrogen (secondary N) is 1. The molecule has 0 spiro atoms. The quantitative estimate of drug-likeness (QED) is 0.671. The standard InChI is InChI=1S/C13H17N3O/c14-6-3-10-7-11(1-2-12(10)15)16-8-13(9-17)4-5-13/h1-2,7,16-17H,3-5,8-9,15H2. The Kier molecular flexibility index (Phi) is 3.21. The maximum atomic E-state index is 9.21. The summed E-state index contributed by atoms with van der Waals surface area (Å²) in [7, 11) is 0. The Hall–Kier alpha value is -1.73. The summed E-state index contributed by atoms with van der Waals surface area (Å²) in [6.45, 7) is 1.01. The molecule has 1 aliphatic rings. The van der Waals surface area contributed by atoms with Crippen molar-refractivity contribution >= 4 is 11.4 Å². The van der Waals surface area contributed by atoms with E-state index in [1.807, 2.05) is 18.2 Å². The molecule has 0 radical (unpaired) electrons. The van der Waals surface area contributed by atoms with Crippen LogP contribution in [-0.2, 0) is 6.42 Å². The zero-order valence-corrected chi connectivity index (χ0v) is 9.74. The van der Waals surface area contributed by atoms with Crippen molar-refractivity contribution in [3.63, 3.8) is 0 Å². The minimum Gasteiger partial charge on any atom is -0.398 e. The molecular formula is C13H17N3O. The normalized spacial score (nSPS) is 16.2. The molecule has 0 aliphatic heterocycles. The lowest BCUT2D eigenvalue weighted by atomic mass is 10.1. The third-order valence-corrected chi connectivity index (χ3v) is 3.37. The number of nitrogens with two attached hydrogens (primary N) is 1. The number of benzene rings is 1. The summed E-state index contributed by atoms with van der Waals surface area (Å²) in [5, 5.41) is 21.2. The van der Waals surface area contributed by atoms with E-state index < -0.39 is 0 Å². The topological polar surface area (TPSA) is 82.1 Å². The summed E-state index contributed by atoms with van der Waals surface area (Å²) in [5.74, 6) is 0. The van der Waals surface area contributed by atoms with Gasteiger partial charge >= 0.3 is 0 Å². The molecule has 4 N–H and O–H groups in total. The molecular weight excluding hydrogens is 214 g/mol. The van der Waals surface area contributed by atoms with E-state index in [2.05, 4.69) is 11.4 Å². The van der Waals surface area contributed by atoms with Crippen LogP contribution in [0, 0.1) is 16.7 Å². The van der Waals surface area contributed by atoms with Gasteiger partial charge in [-0.1, -0.05) is 0 Å². The molecule has 0 saturated heterocycles. The summed E-state index contributed by atoms with van der Waals surface area (Å²) in [6, 6.07) is 7.73. The van der Waals surface area contributed by atoms with Gasteiger partial charge < -0.3 is 16.2 Å². The van der Waals surface area contributed by atoms with E-state index >= 15 is 0 Å². The molecule has 0 aromatic heterocycles. The summed E-state index contributed by atoms with van der Waals surface area (Å²) >= 11 is 0. The van der Waals surface area contributed by atoms with Gasteiger partial charge in [0.1, 0.15) is 0 Å². The molecule has 90 valence electrons. The molecule has 2 rings (SSSR count). The second-order valence-electron chi connectivity index (χ2n) is 4.76. The van der Waals surface area contributed by atoms with Crippen LogP contribution in [0.3, 0.4) is 0 Å². The Morgan fingerprint density at radius 3 is 2.82 bits per heavy atom. The van der Waals surface area contributed by atoms with E-state index in [1.54, 1.807) is 0 Å². The number of hydrogen-bond donors (Lipinski definition) is 3. The van der Waals surface area contributed by atoms with Gasteiger partial charge in [0.15, 0.2) is 0 Å². The molecule has 0 unspecified atom stereocenters. The number of anilines is 2. The molecule has 0 amide bonds. The van der Waals surface area contributed by atoms with Crippen LogP contribution in [0.2, 0.25) is 0 Å². The maximum absolute atomic E-state index is 9.21. The number of nitrogen functional groups attached to an aromatic ring is 1. The van der Waals surface area contributed by atoms with E-state index in [0.29, 0.717) is 12.1 Å². The van der Waals surface area contributed by atoms with Crippen LogP contribution in [0.15, 0.2) is 18.2 Å². The Bertz CT molecular complexity index is 446. The van der Waals surface area contributed by atoms with E-state index in [0.717, 1.165) is 30.6 Å². The van der Waals surface area contributed by atoms with Crippen LogP contribution >= 0.6 is 0 Å². The first-order valence-electron chi connectivity index (χ1n) is 5.79. The highest BCUT2D eigenvalue weighted by Gasteiger charge is 2.41. The van der Waals surface area contributed by atoms with E-state index in [4.69, 9.17) is 11.0 Å². The fraction of sp³-hybridized carbons (Fsp3) is 0.462. The predicted octanol–water partition coefficient (Wildman–Crippen LogP) is 1.52. The van der Waals surface area contributed by atoms with E-state index in [1.165, 1.54) is 0 Å². The molecule has 1 fully saturated rings. The molecule has 0 bridgehead atoms. The van der Waals surface area contributed by atoms with Gasteiger partial charge in [0.25, 0.3) is 0 Å². The lowest BCUT2D eigenvalue weighted by molar-refractivity contribution is 0.220. The largest absolute Gasteiger partial charge is 0.398 e. The van der Waals surface area contributed by atoms with Crippen LogP contribution in [0.25, 0.3) is 0 Å². The number of aliphatic hydroxyl groups excluding tert-OH is 1. The Balaban J connectivity index is 2.01. The average molecular weight is 231 g/mol. The van der Waals surface area contributed by atoms with Gasteiger partial charge in [-0.3, -0.25) is 0 Å². The zero-order valence-electron chi connectivity index (χ0n) is 9.74. The van der Waals surface area contributed by atoms with Crippen LogP contribution in [0.1, 0.15) is 18.4 Å². The van der Waals surface area contributed by atoms with Crippen LogP contribution in [0.4, 0.5) is 11.4 Å². The molecule has 1 aromatic rings. The number of nitrogens with zero attached hydrogens (tertiary/aromatic N) is 1. The van der Waals surface area contributed by atoms with Gasteiger partial charge in [0, 0.05) is 23.3 Å². The Labute approximate surface area is 101 Å². The molecule has 0 atom stereocenters. The second-order valence-corrected chi connectivity index (χ2v) is 4.76. The first-order valence-corrected chi connectivity index (χ1v) is 5.79. The molecule has 17 heavy (non-hydrogen) atoms. The highest BCUT2D eigenvalue weighted by Crippen LogP contribution is 2.44. The van der Waals surface area contributed by atoms with Crippen molar-refractivity contribution < 1.29 is 5.11 Å².